The van der Waals surface area contributed by atoms with E-state index < -0.39 is 0 Å². The van der Waals surface area contributed by atoms with Crippen LogP contribution >= 0.6 is 0 Å². The van der Waals surface area contributed by atoms with Gasteiger partial charge in [0, 0.05) is 6.61 Å². The molecule has 0 saturated heterocycles. The maximum Gasteiger partial charge on any atom is 0.115 e. The Labute approximate surface area is 98.3 Å². The monoisotopic (exact) mass is 222 g/mol. The van der Waals surface area contributed by atoms with Gasteiger partial charge in [-0.05, 0) is 42.9 Å². The van der Waals surface area contributed by atoms with Crippen LogP contribution in [0.4, 0.5) is 0 Å². The van der Waals surface area contributed by atoms with Gasteiger partial charge >= 0.3 is 0 Å². The van der Waals surface area contributed by atoms with E-state index in [0.717, 1.165) is 32.0 Å². The van der Waals surface area contributed by atoms with Crippen LogP contribution < -0.4 is 0 Å². The number of hydrogen-bond acceptors (Lipinski definition) is 2. The van der Waals surface area contributed by atoms with Crippen LogP contribution in [0.5, 0.6) is 5.75 Å². The first-order chi connectivity index (χ1) is 7.68. The minimum absolute atomic E-state index is 0.321. The van der Waals surface area contributed by atoms with Gasteiger partial charge in [-0.1, -0.05) is 26.0 Å². The normalized spacial score (nSPS) is 10.9. The molecule has 0 aliphatic carbocycles. The summed E-state index contributed by atoms with van der Waals surface area (Å²) in [4.78, 5) is 0. The summed E-state index contributed by atoms with van der Waals surface area (Å²) in [6.07, 6.45) is 3.30. The molecule has 1 N–H and O–H groups in total. The smallest absolute Gasteiger partial charge is 0.115 e. The van der Waals surface area contributed by atoms with Crippen molar-refractivity contribution in [3.8, 4) is 5.75 Å². The molecule has 0 atom stereocenters. The van der Waals surface area contributed by atoms with Gasteiger partial charge < -0.3 is 9.84 Å². The molecule has 0 amide bonds. The van der Waals surface area contributed by atoms with Gasteiger partial charge in [-0.2, -0.15) is 0 Å². The summed E-state index contributed by atoms with van der Waals surface area (Å²) in [5, 5.41) is 9.12. The molecule has 0 aliphatic rings. The van der Waals surface area contributed by atoms with E-state index in [0.29, 0.717) is 5.75 Å². The van der Waals surface area contributed by atoms with Crippen molar-refractivity contribution in [3.05, 3.63) is 29.8 Å². The Bertz CT molecular complexity index is 277. The van der Waals surface area contributed by atoms with E-state index in [1.165, 1.54) is 12.0 Å². The fraction of sp³-hybridized carbons (Fsp3) is 0.571. The fourth-order valence-corrected chi connectivity index (χ4v) is 1.55. The first-order valence-corrected chi connectivity index (χ1v) is 6.04. The predicted molar refractivity (Wildman–Crippen MR) is 66.7 cm³/mol. The van der Waals surface area contributed by atoms with Crippen LogP contribution in [0.15, 0.2) is 24.3 Å². The lowest BCUT2D eigenvalue weighted by atomic mass is 10.1. The summed E-state index contributed by atoms with van der Waals surface area (Å²) >= 11 is 0. The van der Waals surface area contributed by atoms with Crippen molar-refractivity contribution in [1.29, 1.82) is 0 Å². The van der Waals surface area contributed by atoms with Crippen LogP contribution in [-0.4, -0.2) is 18.3 Å². The van der Waals surface area contributed by atoms with Gasteiger partial charge in [0.2, 0.25) is 0 Å². The third kappa shape index (κ3) is 5.76. The average molecular weight is 222 g/mol. The van der Waals surface area contributed by atoms with Gasteiger partial charge in [0.15, 0.2) is 0 Å². The molecule has 0 aromatic heterocycles. The second-order valence-electron chi connectivity index (χ2n) is 4.56. The SMILES string of the molecule is CC(C)CCCOCCc1ccc(O)cc1. The Kier molecular flexibility index (Phi) is 5.94. The number of ether oxygens (including phenoxy) is 1. The van der Waals surface area contributed by atoms with Gasteiger partial charge in [-0.15, -0.1) is 0 Å². The van der Waals surface area contributed by atoms with Crippen molar-refractivity contribution in [3.63, 3.8) is 0 Å². The van der Waals surface area contributed by atoms with Crippen molar-refractivity contribution in [2.75, 3.05) is 13.2 Å². The van der Waals surface area contributed by atoms with Crippen molar-refractivity contribution < 1.29 is 9.84 Å². The summed E-state index contributed by atoms with van der Waals surface area (Å²) in [6.45, 7) is 6.09. The molecule has 0 aliphatic heterocycles. The van der Waals surface area contributed by atoms with Crippen LogP contribution in [0, 0.1) is 5.92 Å². The summed E-state index contributed by atoms with van der Waals surface area (Å²) in [7, 11) is 0. The fourth-order valence-electron chi connectivity index (χ4n) is 1.55. The van der Waals surface area contributed by atoms with Gasteiger partial charge in [0.25, 0.3) is 0 Å². The Morgan fingerprint density at radius 2 is 1.81 bits per heavy atom. The van der Waals surface area contributed by atoms with Crippen molar-refractivity contribution in [2.45, 2.75) is 33.1 Å². The molecule has 0 unspecified atom stereocenters. The zero-order valence-electron chi connectivity index (χ0n) is 10.3. The lowest BCUT2D eigenvalue weighted by Gasteiger charge is -2.06. The standard InChI is InChI=1S/C14H22O2/c1-12(2)4-3-10-16-11-9-13-5-7-14(15)8-6-13/h5-8,12,15H,3-4,9-11H2,1-2H3. The largest absolute Gasteiger partial charge is 0.508 e. The molecule has 0 saturated carbocycles. The molecule has 0 bridgehead atoms. The summed E-state index contributed by atoms with van der Waals surface area (Å²) in [5.41, 5.74) is 1.21. The van der Waals surface area contributed by atoms with Crippen molar-refractivity contribution in [1.82, 2.24) is 0 Å². The van der Waals surface area contributed by atoms with Gasteiger partial charge in [-0.3, -0.25) is 0 Å². The molecular weight excluding hydrogens is 200 g/mol. The molecule has 1 aromatic rings. The molecule has 16 heavy (non-hydrogen) atoms. The lowest BCUT2D eigenvalue weighted by molar-refractivity contribution is 0.131. The number of phenolic OH excluding ortho intramolecular Hbond substituents is 1. The Balaban J connectivity index is 2.05. The average Bonchev–Trinajstić information content (AvgIpc) is 2.25. The molecule has 2 heteroatoms. The maximum atomic E-state index is 9.12. The summed E-state index contributed by atoms with van der Waals surface area (Å²) in [5.74, 6) is 1.09. The number of phenols is 1. The second-order valence-corrected chi connectivity index (χ2v) is 4.56. The molecule has 0 heterocycles. The van der Waals surface area contributed by atoms with E-state index in [-0.39, 0.29) is 0 Å². The molecular formula is C14H22O2. The number of aromatic hydroxyl groups is 1. The van der Waals surface area contributed by atoms with E-state index in [1.54, 1.807) is 12.1 Å². The minimum atomic E-state index is 0.321. The van der Waals surface area contributed by atoms with E-state index >= 15 is 0 Å². The van der Waals surface area contributed by atoms with E-state index in [1.807, 2.05) is 12.1 Å². The third-order valence-corrected chi connectivity index (χ3v) is 2.54. The summed E-state index contributed by atoms with van der Waals surface area (Å²) in [6, 6.07) is 7.31. The van der Waals surface area contributed by atoms with Crippen LogP contribution in [0.25, 0.3) is 0 Å². The zero-order valence-corrected chi connectivity index (χ0v) is 10.3. The molecule has 0 spiro atoms. The molecule has 1 rings (SSSR count). The summed E-state index contributed by atoms with van der Waals surface area (Å²) < 4.78 is 5.56. The van der Waals surface area contributed by atoms with Gasteiger partial charge in [0.1, 0.15) is 5.75 Å². The predicted octanol–water partition coefficient (Wildman–Crippen LogP) is 3.39. The second kappa shape index (κ2) is 7.29. The zero-order chi connectivity index (χ0) is 11.8. The molecule has 2 nitrogen and oxygen atoms in total. The van der Waals surface area contributed by atoms with Gasteiger partial charge in [0.05, 0.1) is 6.61 Å². The number of benzene rings is 1. The highest BCUT2D eigenvalue weighted by Gasteiger charge is 1.96. The quantitative estimate of drug-likeness (QED) is 0.717. The van der Waals surface area contributed by atoms with E-state index in [4.69, 9.17) is 9.84 Å². The van der Waals surface area contributed by atoms with Crippen LogP contribution in [0.2, 0.25) is 0 Å². The molecule has 0 radical (unpaired) electrons. The molecule has 0 fully saturated rings. The molecule has 1 aromatic carbocycles. The van der Waals surface area contributed by atoms with Crippen LogP contribution in [-0.2, 0) is 11.2 Å². The number of rotatable bonds is 7. The first kappa shape index (κ1) is 13.0. The lowest BCUT2D eigenvalue weighted by Crippen LogP contribution is -2.01. The highest BCUT2D eigenvalue weighted by Crippen LogP contribution is 2.10. The Hall–Kier alpha value is -1.02. The van der Waals surface area contributed by atoms with E-state index in [9.17, 15) is 0 Å². The highest BCUT2D eigenvalue weighted by molar-refractivity contribution is 5.25. The topological polar surface area (TPSA) is 29.5 Å². The Morgan fingerprint density at radius 1 is 1.12 bits per heavy atom. The minimum Gasteiger partial charge on any atom is -0.508 e. The number of hydrogen-bond donors (Lipinski definition) is 1. The molecule has 90 valence electrons. The third-order valence-electron chi connectivity index (χ3n) is 2.54. The Morgan fingerprint density at radius 3 is 2.44 bits per heavy atom. The van der Waals surface area contributed by atoms with Crippen LogP contribution in [0.3, 0.4) is 0 Å². The van der Waals surface area contributed by atoms with Crippen LogP contribution in [0.1, 0.15) is 32.3 Å². The van der Waals surface area contributed by atoms with Crippen molar-refractivity contribution >= 4 is 0 Å². The maximum absolute atomic E-state index is 9.12. The van der Waals surface area contributed by atoms with Crippen molar-refractivity contribution in [2.24, 2.45) is 5.92 Å². The highest BCUT2D eigenvalue weighted by atomic mass is 16.5. The first-order valence-electron chi connectivity index (χ1n) is 6.04. The van der Waals surface area contributed by atoms with Gasteiger partial charge in [-0.25, -0.2) is 0 Å². The van der Waals surface area contributed by atoms with E-state index in [2.05, 4.69) is 13.8 Å².